The predicted molar refractivity (Wildman–Crippen MR) is 122 cm³/mol. The number of ether oxygens (including phenoxy) is 1. The maximum atomic E-state index is 15.0. The molecule has 2 atom stereocenters. The molecule has 8 heteroatoms. The van der Waals surface area contributed by atoms with Crippen LogP contribution in [0.5, 0.6) is 0 Å². The number of benzene rings is 1. The summed E-state index contributed by atoms with van der Waals surface area (Å²) in [6.07, 6.45) is 8.54. The Morgan fingerprint density at radius 3 is 2.72 bits per heavy atom. The van der Waals surface area contributed by atoms with Crippen molar-refractivity contribution in [3.05, 3.63) is 39.9 Å². The molecule has 2 heterocycles. The van der Waals surface area contributed by atoms with E-state index in [1.807, 2.05) is 4.57 Å². The minimum Gasteiger partial charge on any atom is -0.480 e. The normalized spacial score (nSPS) is 20.5. The Kier molecular flexibility index (Phi) is 7.10. The highest BCUT2D eigenvalue weighted by molar-refractivity contribution is 5.84. The first-order valence-corrected chi connectivity index (χ1v) is 11.7. The van der Waals surface area contributed by atoms with Crippen molar-refractivity contribution in [2.24, 2.45) is 0 Å². The number of hydrogen-bond donors (Lipinski definition) is 3. The molecular weight excluding hydrogens is 413 g/mol. The van der Waals surface area contributed by atoms with Gasteiger partial charge in [-0.25, -0.2) is 4.39 Å². The molecule has 2 fully saturated rings. The van der Waals surface area contributed by atoms with Crippen LogP contribution in [0.25, 0.3) is 10.9 Å². The van der Waals surface area contributed by atoms with Crippen LogP contribution in [0.4, 0.5) is 10.1 Å². The maximum Gasteiger partial charge on any atom is 0.320 e. The zero-order valence-corrected chi connectivity index (χ0v) is 18.5. The highest BCUT2D eigenvalue weighted by Gasteiger charge is 2.23. The third-order valence-electron chi connectivity index (χ3n) is 6.70. The second kappa shape index (κ2) is 10.0. The van der Waals surface area contributed by atoms with Gasteiger partial charge in [-0.3, -0.25) is 9.59 Å². The molecule has 0 radical (unpaired) electrons. The molecular formula is C24H32FN3O4. The molecule has 2 aromatic rings. The van der Waals surface area contributed by atoms with Gasteiger partial charge in [-0.1, -0.05) is 26.2 Å². The van der Waals surface area contributed by atoms with Gasteiger partial charge in [-0.05, 0) is 37.8 Å². The van der Waals surface area contributed by atoms with E-state index >= 15 is 4.39 Å². The third kappa shape index (κ3) is 4.81. The molecule has 1 saturated carbocycles. The summed E-state index contributed by atoms with van der Waals surface area (Å²) in [5.41, 5.74) is 1.26. The number of nitrogens with one attached hydrogen (secondary N) is 2. The number of carbonyl (C=O) groups is 1. The van der Waals surface area contributed by atoms with Crippen molar-refractivity contribution in [3.8, 4) is 0 Å². The first kappa shape index (κ1) is 22.7. The van der Waals surface area contributed by atoms with Crippen LogP contribution in [0.15, 0.2) is 23.1 Å². The lowest BCUT2D eigenvalue weighted by atomic mass is 9.95. The van der Waals surface area contributed by atoms with Crippen LogP contribution in [0.2, 0.25) is 0 Å². The molecule has 2 aliphatic rings. The van der Waals surface area contributed by atoms with Crippen LogP contribution in [0.3, 0.4) is 0 Å². The Balaban J connectivity index is 1.73. The molecule has 1 saturated heterocycles. The Hall–Kier alpha value is -2.45. The molecule has 0 bridgehead atoms. The number of carboxylic acid groups (broad SMARTS) is 1. The predicted octanol–water partition coefficient (Wildman–Crippen LogP) is 3.80. The lowest BCUT2D eigenvalue weighted by Crippen LogP contribution is -2.37. The number of pyridine rings is 1. The maximum absolute atomic E-state index is 15.0. The van der Waals surface area contributed by atoms with Crippen LogP contribution in [0, 0.1) is 5.82 Å². The van der Waals surface area contributed by atoms with Crippen molar-refractivity contribution in [1.82, 2.24) is 9.88 Å². The van der Waals surface area contributed by atoms with E-state index in [-0.39, 0.29) is 24.1 Å². The summed E-state index contributed by atoms with van der Waals surface area (Å²) in [5.74, 6) is -1.39. The molecule has 1 aromatic heterocycles. The minimum absolute atomic E-state index is 0.0475. The van der Waals surface area contributed by atoms with Crippen LogP contribution in [-0.2, 0) is 16.1 Å². The van der Waals surface area contributed by atoms with E-state index in [0.717, 1.165) is 32.1 Å². The van der Waals surface area contributed by atoms with Crippen molar-refractivity contribution >= 4 is 22.6 Å². The Labute approximate surface area is 187 Å². The van der Waals surface area contributed by atoms with E-state index in [4.69, 9.17) is 4.74 Å². The fourth-order valence-corrected chi connectivity index (χ4v) is 4.81. The zero-order chi connectivity index (χ0) is 22.7. The molecule has 174 valence electrons. The number of aromatic nitrogens is 1. The molecule has 1 aliphatic heterocycles. The molecule has 2 unspecified atom stereocenters. The molecule has 1 aromatic carbocycles. The van der Waals surface area contributed by atoms with Crippen molar-refractivity contribution in [2.45, 2.75) is 76.5 Å². The zero-order valence-electron chi connectivity index (χ0n) is 18.5. The minimum atomic E-state index is -0.956. The molecule has 1 aliphatic carbocycles. The number of fused-ring (bicyclic) bond motifs is 1. The van der Waals surface area contributed by atoms with E-state index in [1.165, 1.54) is 12.5 Å². The Morgan fingerprint density at radius 2 is 2.06 bits per heavy atom. The highest BCUT2D eigenvalue weighted by atomic mass is 19.1. The van der Waals surface area contributed by atoms with Gasteiger partial charge in [0.05, 0.1) is 23.9 Å². The van der Waals surface area contributed by atoms with E-state index in [1.54, 1.807) is 19.2 Å². The summed E-state index contributed by atoms with van der Waals surface area (Å²) in [6, 6.07) is 2.63. The monoisotopic (exact) mass is 445 g/mol. The Morgan fingerprint density at radius 1 is 1.28 bits per heavy atom. The summed E-state index contributed by atoms with van der Waals surface area (Å²) in [5, 5.41) is 15.9. The summed E-state index contributed by atoms with van der Waals surface area (Å²) in [7, 11) is 0. The van der Waals surface area contributed by atoms with Gasteiger partial charge in [0, 0.05) is 36.3 Å². The average molecular weight is 446 g/mol. The summed E-state index contributed by atoms with van der Waals surface area (Å²) < 4.78 is 22.6. The van der Waals surface area contributed by atoms with Gasteiger partial charge < -0.3 is 25.0 Å². The number of aliphatic carboxylic acids is 1. The van der Waals surface area contributed by atoms with Crippen LogP contribution in [-0.4, -0.2) is 40.9 Å². The summed E-state index contributed by atoms with van der Waals surface area (Å²) in [6.45, 7) is 3.05. The lowest BCUT2D eigenvalue weighted by Gasteiger charge is -2.25. The fourth-order valence-electron chi connectivity index (χ4n) is 4.81. The topological polar surface area (TPSA) is 92.6 Å². The third-order valence-corrected chi connectivity index (χ3v) is 6.70. The lowest BCUT2D eigenvalue weighted by molar-refractivity contribution is -0.139. The van der Waals surface area contributed by atoms with Gasteiger partial charge in [0.25, 0.3) is 0 Å². The second-order valence-corrected chi connectivity index (χ2v) is 8.92. The molecule has 0 amide bonds. The standard InChI is InChI=1S/C24H32FN3O4/c1-2-20(24(30)31)26-12-15-13-28(17-8-9-32-14-17)22-11-21(19(25)10-18(22)23(15)29)27-16-6-4-3-5-7-16/h10-11,13,16-17,20,26-27H,2-9,12,14H2,1H3,(H,30,31). The molecule has 0 spiro atoms. The largest absolute Gasteiger partial charge is 0.480 e. The summed E-state index contributed by atoms with van der Waals surface area (Å²) >= 11 is 0. The fraction of sp³-hybridized carbons (Fsp3) is 0.583. The van der Waals surface area contributed by atoms with Gasteiger partial charge in [-0.15, -0.1) is 0 Å². The summed E-state index contributed by atoms with van der Waals surface area (Å²) in [4.78, 5) is 24.6. The molecule has 3 N–H and O–H groups in total. The van der Waals surface area contributed by atoms with Crippen LogP contribution in [0.1, 0.15) is 63.5 Å². The van der Waals surface area contributed by atoms with Gasteiger partial charge in [0.1, 0.15) is 11.9 Å². The van der Waals surface area contributed by atoms with Crippen molar-refractivity contribution in [3.63, 3.8) is 0 Å². The van der Waals surface area contributed by atoms with Crippen LogP contribution < -0.4 is 16.1 Å². The number of carboxylic acids is 1. The highest BCUT2D eigenvalue weighted by Crippen LogP contribution is 2.29. The number of halogens is 1. The number of anilines is 1. The van der Waals surface area contributed by atoms with Crippen LogP contribution >= 0.6 is 0 Å². The van der Waals surface area contributed by atoms with Gasteiger partial charge >= 0.3 is 5.97 Å². The van der Waals surface area contributed by atoms with Crippen molar-refractivity contribution in [2.75, 3.05) is 18.5 Å². The first-order valence-electron chi connectivity index (χ1n) is 11.7. The SMILES string of the molecule is CCC(NCc1cn(C2CCOC2)c2cc(NC3CCCCC3)c(F)cc2c1=O)C(=O)O. The van der Waals surface area contributed by atoms with Crippen molar-refractivity contribution < 1.29 is 19.0 Å². The van der Waals surface area contributed by atoms with E-state index in [0.29, 0.717) is 41.8 Å². The van der Waals surface area contributed by atoms with Crippen molar-refractivity contribution in [1.29, 1.82) is 0 Å². The number of nitrogens with zero attached hydrogens (tertiary/aromatic N) is 1. The number of hydrogen-bond acceptors (Lipinski definition) is 5. The Bertz CT molecular complexity index is 1030. The quantitative estimate of drug-likeness (QED) is 0.572. The molecule has 32 heavy (non-hydrogen) atoms. The van der Waals surface area contributed by atoms with E-state index in [9.17, 15) is 14.7 Å². The first-order chi connectivity index (χ1) is 15.5. The average Bonchev–Trinajstić information content (AvgIpc) is 3.32. The van der Waals surface area contributed by atoms with Gasteiger partial charge in [-0.2, -0.15) is 0 Å². The molecule has 4 rings (SSSR count). The van der Waals surface area contributed by atoms with E-state index in [2.05, 4.69) is 10.6 Å². The molecule has 7 nitrogen and oxygen atoms in total. The van der Waals surface area contributed by atoms with Gasteiger partial charge in [0.2, 0.25) is 0 Å². The second-order valence-electron chi connectivity index (χ2n) is 8.92. The smallest absolute Gasteiger partial charge is 0.320 e. The van der Waals surface area contributed by atoms with Gasteiger partial charge in [0.15, 0.2) is 5.43 Å². The number of rotatable bonds is 8. The van der Waals surface area contributed by atoms with E-state index < -0.39 is 17.8 Å².